The lowest BCUT2D eigenvalue weighted by Gasteiger charge is -2.14. The predicted molar refractivity (Wildman–Crippen MR) is 190 cm³/mol. The lowest BCUT2D eigenvalue weighted by atomic mass is 10.0. The lowest BCUT2D eigenvalue weighted by molar-refractivity contribution is 0.895. The Kier molecular flexibility index (Phi) is 6.68. The number of hydrogen-bond acceptors (Lipinski definition) is 2. The lowest BCUT2D eigenvalue weighted by Crippen LogP contribution is -2.03. The summed E-state index contributed by atoms with van der Waals surface area (Å²) in [6.45, 7) is 0.547. The molecule has 0 aliphatic rings. The van der Waals surface area contributed by atoms with E-state index < -0.39 is 0 Å². The first-order valence-electron chi connectivity index (χ1n) is 15.4. The molecule has 8 rings (SSSR count). The van der Waals surface area contributed by atoms with Crippen molar-refractivity contribution in [2.24, 2.45) is 0 Å². The van der Waals surface area contributed by atoms with Crippen LogP contribution in [0.3, 0.4) is 0 Å². The average molecular weight is 589 g/mol. The zero-order chi connectivity index (χ0) is 31.0. The molecule has 4 heteroatoms. The van der Waals surface area contributed by atoms with E-state index in [9.17, 15) is 10.5 Å². The van der Waals surface area contributed by atoms with Gasteiger partial charge in [-0.05, 0) is 58.3 Å². The van der Waals surface area contributed by atoms with E-state index in [4.69, 9.17) is 0 Å². The molecule has 2 heterocycles. The summed E-state index contributed by atoms with van der Waals surface area (Å²) in [5.74, 6) is 0. The molecule has 0 N–H and O–H groups in total. The van der Waals surface area contributed by atoms with E-state index in [1.54, 1.807) is 6.08 Å². The van der Waals surface area contributed by atoms with Gasteiger partial charge in [-0.2, -0.15) is 10.5 Å². The molecule has 216 valence electrons. The Bertz CT molecular complexity index is 2550. The van der Waals surface area contributed by atoms with Gasteiger partial charge < -0.3 is 9.13 Å². The van der Waals surface area contributed by atoms with Gasteiger partial charge in [0.2, 0.25) is 0 Å². The third-order valence-electron chi connectivity index (χ3n) is 8.94. The molecule has 0 aliphatic heterocycles. The summed E-state index contributed by atoms with van der Waals surface area (Å²) in [5.41, 5.74) is 7.83. The number of nitrogens with zero attached hydrogens (tertiary/aromatic N) is 4. The maximum absolute atomic E-state index is 10.5. The monoisotopic (exact) mass is 588 g/mol. The van der Waals surface area contributed by atoms with Crippen molar-refractivity contribution in [1.82, 2.24) is 9.13 Å². The smallest absolute Gasteiger partial charge is 0.101 e. The van der Waals surface area contributed by atoms with Crippen molar-refractivity contribution in [3.05, 3.63) is 151 Å². The molecule has 0 amide bonds. The fourth-order valence-corrected chi connectivity index (χ4v) is 6.91. The molecule has 0 saturated heterocycles. The third-order valence-corrected chi connectivity index (χ3v) is 8.94. The first-order valence-corrected chi connectivity index (χ1v) is 15.4. The van der Waals surface area contributed by atoms with Crippen molar-refractivity contribution in [2.45, 2.75) is 13.0 Å². The highest BCUT2D eigenvalue weighted by Gasteiger charge is 2.20. The first kappa shape index (κ1) is 27.2. The van der Waals surface area contributed by atoms with Crippen LogP contribution in [0.15, 0.2) is 151 Å². The highest BCUT2D eigenvalue weighted by atomic mass is 15.0. The molecule has 46 heavy (non-hydrogen) atoms. The van der Waals surface area contributed by atoms with Gasteiger partial charge >= 0.3 is 0 Å². The summed E-state index contributed by atoms with van der Waals surface area (Å²) >= 11 is 0. The van der Waals surface area contributed by atoms with Gasteiger partial charge in [0.1, 0.15) is 6.07 Å². The summed E-state index contributed by atoms with van der Waals surface area (Å²) in [6, 6.07) is 51.4. The normalized spacial score (nSPS) is 12.3. The number of rotatable bonds is 6. The van der Waals surface area contributed by atoms with Gasteiger partial charge in [0.15, 0.2) is 0 Å². The molecule has 0 unspecified atom stereocenters. The molecule has 2 aromatic heterocycles. The van der Waals surface area contributed by atoms with Gasteiger partial charge in [0.25, 0.3) is 0 Å². The van der Waals surface area contributed by atoms with Crippen molar-refractivity contribution in [2.75, 3.05) is 0 Å². The maximum Gasteiger partial charge on any atom is 0.101 e. The zero-order valence-corrected chi connectivity index (χ0v) is 25.1. The Morgan fingerprint density at radius 3 is 1.93 bits per heavy atom. The molecule has 0 aliphatic carbocycles. The van der Waals surface area contributed by atoms with Crippen LogP contribution in [0.4, 0.5) is 0 Å². The number of benzene rings is 6. The van der Waals surface area contributed by atoms with Crippen LogP contribution < -0.4 is 0 Å². The van der Waals surface area contributed by atoms with Crippen molar-refractivity contribution < 1.29 is 0 Å². The van der Waals surface area contributed by atoms with Crippen LogP contribution in [-0.2, 0) is 6.54 Å². The second-order valence-corrected chi connectivity index (χ2v) is 11.4. The number of hydrogen-bond donors (Lipinski definition) is 0. The minimum Gasteiger partial charge on any atom is -0.336 e. The second-order valence-electron chi connectivity index (χ2n) is 11.4. The number of nitriles is 2. The van der Waals surface area contributed by atoms with E-state index >= 15 is 0 Å². The van der Waals surface area contributed by atoms with Crippen LogP contribution in [0.5, 0.6) is 0 Å². The molecule has 0 radical (unpaired) electrons. The highest BCUT2D eigenvalue weighted by molar-refractivity contribution is 6.22. The van der Waals surface area contributed by atoms with Crippen molar-refractivity contribution >= 4 is 60.1 Å². The summed E-state index contributed by atoms with van der Waals surface area (Å²) in [7, 11) is 0. The molecule has 8 aromatic rings. The molecule has 0 spiro atoms. The molecule has 6 aromatic carbocycles. The van der Waals surface area contributed by atoms with E-state index in [1.165, 1.54) is 10.8 Å². The summed E-state index contributed by atoms with van der Waals surface area (Å²) < 4.78 is 4.52. The Morgan fingerprint density at radius 1 is 0.565 bits per heavy atom. The van der Waals surface area contributed by atoms with Crippen molar-refractivity contribution in [3.63, 3.8) is 0 Å². The molecular weight excluding hydrogens is 560 g/mol. The van der Waals surface area contributed by atoms with Gasteiger partial charge in [0.05, 0.1) is 34.8 Å². The molecular formula is C42H28N4. The zero-order valence-electron chi connectivity index (χ0n) is 25.1. The van der Waals surface area contributed by atoms with Gasteiger partial charge in [0, 0.05) is 39.1 Å². The topological polar surface area (TPSA) is 57.4 Å². The molecule has 0 atom stereocenters. The fourth-order valence-electron chi connectivity index (χ4n) is 6.91. The van der Waals surface area contributed by atoms with Crippen LogP contribution in [-0.4, -0.2) is 9.13 Å². The highest BCUT2D eigenvalue weighted by Crippen LogP contribution is 2.40. The number of aromatic nitrogens is 2. The van der Waals surface area contributed by atoms with Crippen LogP contribution in [0.1, 0.15) is 6.42 Å². The molecule has 4 nitrogen and oxygen atoms in total. The third kappa shape index (κ3) is 4.36. The van der Waals surface area contributed by atoms with Gasteiger partial charge in [-0.25, -0.2) is 0 Å². The Morgan fingerprint density at radius 2 is 1.22 bits per heavy atom. The van der Waals surface area contributed by atoms with Gasteiger partial charge in [-0.15, -0.1) is 0 Å². The van der Waals surface area contributed by atoms with Crippen LogP contribution in [0.2, 0.25) is 0 Å². The molecule has 0 bridgehead atoms. The quantitative estimate of drug-likeness (QED) is 0.143. The maximum atomic E-state index is 10.5. The standard InChI is InChI=1S/C42H28N4/c43-25-10-14-32(28-44)37(24-26-45-38-18-8-6-16-34(38)35-17-7-9-19-39(35)45)46-40-22-21-31(29-11-2-1-3-12-29)27-36(40)42-33-15-5-4-13-30(33)20-23-41(42)46/h1-9,11-24,27H,10,26H2/b32-14-,37-24+. The van der Waals surface area contributed by atoms with E-state index in [2.05, 4.69) is 155 Å². The van der Waals surface area contributed by atoms with E-state index in [0.717, 1.165) is 60.4 Å². The first-order chi connectivity index (χ1) is 22.8. The Hall–Kier alpha value is -6.36. The fraction of sp³-hybridized carbons (Fsp3) is 0.0476. The number of para-hydroxylation sites is 2. The van der Waals surface area contributed by atoms with E-state index in [-0.39, 0.29) is 6.42 Å². The summed E-state index contributed by atoms with van der Waals surface area (Å²) in [6.07, 6.45) is 4.03. The number of allylic oxidation sites excluding steroid dienone is 4. The summed E-state index contributed by atoms with van der Waals surface area (Å²) in [5, 5.41) is 27.0. The van der Waals surface area contributed by atoms with Crippen LogP contribution in [0, 0.1) is 22.7 Å². The Labute approximate surface area is 266 Å². The van der Waals surface area contributed by atoms with Gasteiger partial charge in [-0.1, -0.05) is 109 Å². The minimum absolute atomic E-state index is 0.147. The second kappa shape index (κ2) is 11.3. The van der Waals surface area contributed by atoms with E-state index in [0.29, 0.717) is 12.1 Å². The largest absolute Gasteiger partial charge is 0.336 e. The van der Waals surface area contributed by atoms with Crippen LogP contribution in [0.25, 0.3) is 71.2 Å². The summed E-state index contributed by atoms with van der Waals surface area (Å²) in [4.78, 5) is 0. The SMILES string of the molecule is N#CC/C=C(C#N)\C(=C/Cn1c2ccccc2c2ccccc21)n1c2ccc(-c3ccccc3)cc2c2c3ccccc3ccc21. The molecule has 0 fully saturated rings. The van der Waals surface area contributed by atoms with Gasteiger partial charge in [-0.3, -0.25) is 0 Å². The average Bonchev–Trinajstić information content (AvgIpc) is 3.62. The molecule has 0 saturated carbocycles. The minimum atomic E-state index is 0.147. The van der Waals surface area contributed by atoms with Crippen molar-refractivity contribution in [1.29, 1.82) is 10.5 Å². The van der Waals surface area contributed by atoms with E-state index in [1.807, 2.05) is 6.07 Å². The van der Waals surface area contributed by atoms with Crippen molar-refractivity contribution in [3.8, 4) is 23.3 Å². The van der Waals surface area contributed by atoms with Crippen LogP contribution >= 0.6 is 0 Å². The number of fused-ring (bicyclic) bond motifs is 8. The predicted octanol–water partition coefficient (Wildman–Crippen LogP) is 10.6. The Balaban J connectivity index is 1.44.